The van der Waals surface area contributed by atoms with Crippen molar-refractivity contribution >= 4 is 35.7 Å². The number of alkyl halides is 12. The van der Waals surface area contributed by atoms with E-state index in [1.807, 2.05) is 0 Å². The first kappa shape index (κ1) is 37.7. The molecular weight excluding hydrogens is 704 g/mol. The van der Waals surface area contributed by atoms with Crippen LogP contribution in [0.3, 0.4) is 0 Å². The van der Waals surface area contributed by atoms with E-state index in [4.69, 9.17) is 0 Å². The molecule has 17 heteroatoms. The van der Waals surface area contributed by atoms with Crippen LogP contribution in [0.1, 0.15) is 46.2 Å². The van der Waals surface area contributed by atoms with Crippen molar-refractivity contribution in [2.24, 2.45) is 0 Å². The van der Waals surface area contributed by atoms with E-state index in [1.54, 1.807) is 24.3 Å². The number of carbonyl (C=O) groups is 2. The molecule has 0 saturated carbocycles. The van der Waals surface area contributed by atoms with Gasteiger partial charge in [-0.05, 0) is 48.3 Å². The monoisotopic (exact) mass is 728 g/mol. The Morgan fingerprint density at radius 2 is 0.878 bits per heavy atom. The largest absolute Gasteiger partial charge is 0.418 e. The van der Waals surface area contributed by atoms with E-state index in [0.29, 0.717) is 61.4 Å². The van der Waals surface area contributed by atoms with Crippen molar-refractivity contribution in [2.45, 2.75) is 47.3 Å². The number of hydrogen-bond donors (Lipinski definition) is 0. The van der Waals surface area contributed by atoms with Gasteiger partial charge in [-0.3, -0.25) is 9.59 Å². The van der Waals surface area contributed by atoms with Gasteiger partial charge in [0.15, 0.2) is 0 Å². The molecule has 49 heavy (non-hydrogen) atoms. The molecule has 0 saturated heterocycles. The molecule has 264 valence electrons. The molecule has 4 rings (SSSR count). The molecule has 0 radical (unpaired) electrons. The maximum Gasteiger partial charge on any atom is 0.418 e. The quantitative estimate of drug-likeness (QED) is 0.169. The fourth-order valence-corrected chi connectivity index (χ4v) is 6.30. The summed E-state index contributed by atoms with van der Waals surface area (Å²) in [6.07, 6.45) is -13.5. The van der Waals surface area contributed by atoms with Gasteiger partial charge in [0.2, 0.25) is 11.8 Å². The van der Waals surface area contributed by atoms with Gasteiger partial charge in [-0.15, -0.1) is 0 Å². The lowest BCUT2D eigenvalue weighted by Crippen LogP contribution is -2.32. The highest BCUT2D eigenvalue weighted by Gasteiger charge is 2.49. The van der Waals surface area contributed by atoms with Crippen LogP contribution in [0, 0.1) is 0 Å². The molecule has 2 aromatic rings. The fourth-order valence-electron chi connectivity index (χ4n) is 5.16. The van der Waals surface area contributed by atoms with Gasteiger partial charge in [0.25, 0.3) is 0 Å². The van der Waals surface area contributed by atoms with Crippen LogP contribution < -0.4 is 0 Å². The third-order valence-corrected chi connectivity index (χ3v) is 8.42. The molecule has 0 N–H and O–H groups in total. The van der Waals surface area contributed by atoms with Gasteiger partial charge in [0, 0.05) is 48.1 Å². The van der Waals surface area contributed by atoms with Crippen LogP contribution in [0.15, 0.2) is 70.5 Å². The van der Waals surface area contributed by atoms with E-state index < -0.39 is 91.5 Å². The minimum absolute atomic E-state index is 0.0983. The average molecular weight is 729 g/mol. The van der Waals surface area contributed by atoms with Crippen molar-refractivity contribution in [3.63, 3.8) is 0 Å². The van der Waals surface area contributed by atoms with Crippen LogP contribution in [0.25, 0.3) is 12.2 Å². The van der Waals surface area contributed by atoms with E-state index in [-0.39, 0.29) is 26.2 Å². The second-order valence-corrected chi connectivity index (χ2v) is 11.7. The van der Waals surface area contributed by atoms with Gasteiger partial charge in [-0.1, -0.05) is 48.2 Å². The molecule has 0 atom stereocenters. The highest BCUT2D eigenvalue weighted by atomic mass is 32.2. The van der Waals surface area contributed by atoms with Crippen molar-refractivity contribution in [2.75, 3.05) is 26.2 Å². The van der Waals surface area contributed by atoms with Crippen molar-refractivity contribution in [1.29, 1.82) is 0 Å². The molecule has 2 aliphatic heterocycles. The number of rotatable bonds is 6. The second kappa shape index (κ2) is 14.4. The summed E-state index contributed by atoms with van der Waals surface area (Å²) < 4.78 is 171. The maximum absolute atomic E-state index is 14.3. The summed E-state index contributed by atoms with van der Waals surface area (Å²) >= 11 is -0.587. The first-order valence-corrected chi connectivity index (χ1v) is 15.1. The molecule has 0 aliphatic carbocycles. The number of carbonyl (C=O) groups excluding carboxylic acids is 2. The second-order valence-electron chi connectivity index (χ2n) is 10.7. The Kier molecular flexibility index (Phi) is 11.0. The zero-order chi connectivity index (χ0) is 36.4. The van der Waals surface area contributed by atoms with Gasteiger partial charge in [-0.2, -0.15) is 52.7 Å². The Labute approximate surface area is 275 Å². The first-order valence-electron chi connectivity index (χ1n) is 14.2. The molecule has 0 unspecified atom stereocenters. The minimum Gasteiger partial charge on any atom is -0.335 e. The summed E-state index contributed by atoms with van der Waals surface area (Å²) in [4.78, 5) is 24.3. The fraction of sp³-hybridized carbons (Fsp3) is 0.312. The van der Waals surface area contributed by atoms with Crippen molar-refractivity contribution in [3.05, 3.63) is 94.1 Å². The summed E-state index contributed by atoms with van der Waals surface area (Å²) in [5.41, 5.74) is -11.9. The van der Waals surface area contributed by atoms with Gasteiger partial charge >= 0.3 is 24.7 Å². The van der Waals surface area contributed by atoms with Crippen LogP contribution in [-0.4, -0.2) is 47.8 Å². The molecule has 2 aromatic carbocycles. The molecule has 0 fully saturated rings. The van der Waals surface area contributed by atoms with Crippen molar-refractivity contribution in [3.8, 4) is 0 Å². The Morgan fingerprint density at radius 3 is 1.16 bits per heavy atom. The highest BCUT2D eigenvalue weighted by molar-refractivity contribution is 7.99. The van der Waals surface area contributed by atoms with Gasteiger partial charge in [-0.25, -0.2) is 0 Å². The van der Waals surface area contributed by atoms with Crippen LogP contribution in [0.5, 0.6) is 0 Å². The normalized spacial score (nSPS) is 16.3. The molecule has 2 heterocycles. The molecule has 4 nitrogen and oxygen atoms in total. The van der Waals surface area contributed by atoms with Gasteiger partial charge < -0.3 is 9.80 Å². The number of nitrogens with zero attached hydrogens (tertiary/aromatic N) is 2. The van der Waals surface area contributed by atoms with E-state index in [2.05, 4.69) is 0 Å². The lowest BCUT2D eigenvalue weighted by Gasteiger charge is -2.24. The SMILES string of the molecule is O=C(C=Cc1ccc(Sc2ccc(C=CC(=O)N3CC=CCC3)c(C(F)(F)F)c2C(F)(F)F)c(C(F)(F)F)c1C(F)(F)F)N1CC=CCC1. The predicted molar refractivity (Wildman–Crippen MR) is 156 cm³/mol. The van der Waals surface area contributed by atoms with Crippen LogP contribution in [-0.2, 0) is 34.3 Å². The number of benzene rings is 2. The lowest BCUT2D eigenvalue weighted by molar-refractivity contribution is -0.164. The standard InChI is InChI=1S/C32H24F12N2O2S/c33-29(34,35)25-19(9-13-23(47)45-15-3-1-4-16-45)7-11-21(27(25)31(39,40)41)49-22-12-8-20(10-14-24(48)46-17-5-2-6-18-46)26(30(36,37)38)28(22)32(42,43)44/h1-3,5,7-14H,4,6,15-18H2. The summed E-state index contributed by atoms with van der Waals surface area (Å²) in [6.45, 7) is 0.581. The Bertz CT molecular complexity index is 1580. The third-order valence-electron chi connectivity index (χ3n) is 7.30. The molecule has 2 amide bonds. The molecular formula is C32H24F12N2O2S. The lowest BCUT2D eigenvalue weighted by atomic mass is 9.99. The molecule has 0 aromatic heterocycles. The summed E-state index contributed by atoms with van der Waals surface area (Å²) in [6, 6.07) is 1.75. The summed E-state index contributed by atoms with van der Waals surface area (Å²) in [7, 11) is 0. The Hall–Kier alpha value is -4.15. The zero-order valence-electron chi connectivity index (χ0n) is 24.8. The van der Waals surface area contributed by atoms with Gasteiger partial charge in [0.1, 0.15) is 0 Å². The van der Waals surface area contributed by atoms with E-state index >= 15 is 0 Å². The summed E-state index contributed by atoms with van der Waals surface area (Å²) in [5.74, 6) is -1.63. The molecule has 2 aliphatic rings. The van der Waals surface area contributed by atoms with E-state index in [1.165, 1.54) is 9.80 Å². The number of hydrogen-bond acceptors (Lipinski definition) is 3. The van der Waals surface area contributed by atoms with Gasteiger partial charge in [0.05, 0.1) is 22.3 Å². The predicted octanol–water partition coefficient (Wildman–Crippen LogP) is 9.52. The summed E-state index contributed by atoms with van der Waals surface area (Å²) in [5, 5.41) is 0. The smallest absolute Gasteiger partial charge is 0.335 e. The number of halogens is 12. The van der Waals surface area contributed by atoms with Crippen LogP contribution in [0.2, 0.25) is 0 Å². The molecule has 0 bridgehead atoms. The van der Waals surface area contributed by atoms with Crippen molar-refractivity contribution < 1.29 is 62.3 Å². The highest BCUT2D eigenvalue weighted by Crippen LogP contribution is 2.52. The Morgan fingerprint density at radius 1 is 0.531 bits per heavy atom. The third kappa shape index (κ3) is 9.10. The van der Waals surface area contributed by atoms with Crippen LogP contribution in [0.4, 0.5) is 52.7 Å². The van der Waals surface area contributed by atoms with Crippen LogP contribution >= 0.6 is 11.8 Å². The Balaban J connectivity index is 1.85. The van der Waals surface area contributed by atoms with E-state index in [0.717, 1.165) is 0 Å². The topological polar surface area (TPSA) is 40.6 Å². The zero-order valence-corrected chi connectivity index (χ0v) is 25.6. The van der Waals surface area contributed by atoms with E-state index in [9.17, 15) is 62.3 Å². The number of amides is 2. The molecule has 0 spiro atoms. The maximum atomic E-state index is 14.3. The first-order chi connectivity index (χ1) is 22.7. The van der Waals surface area contributed by atoms with Crippen molar-refractivity contribution in [1.82, 2.24) is 9.80 Å². The average Bonchev–Trinajstić information content (AvgIpc) is 3.01. The minimum atomic E-state index is -5.86.